The smallest absolute Gasteiger partial charge is 0.0697 e. The zero-order valence-electron chi connectivity index (χ0n) is 11.2. The van der Waals surface area contributed by atoms with Gasteiger partial charge in [0.15, 0.2) is 0 Å². The highest BCUT2D eigenvalue weighted by Gasteiger charge is 1.74. The summed E-state index contributed by atoms with van der Waals surface area (Å²) in [7, 11) is 1.55. The van der Waals surface area contributed by atoms with Gasteiger partial charge in [0.2, 0.25) is 0 Å². The first-order valence-corrected chi connectivity index (χ1v) is 5.71. The average molecular weight is 256 g/mol. The van der Waals surface area contributed by atoms with Gasteiger partial charge in [-0.1, -0.05) is 0 Å². The molecular weight excluding hydrogens is 228 g/mol. The third-order valence-electron chi connectivity index (χ3n) is 1.17. The van der Waals surface area contributed by atoms with E-state index in [2.05, 4.69) is 4.74 Å². The summed E-state index contributed by atoms with van der Waals surface area (Å²) in [4.78, 5) is 0. The van der Waals surface area contributed by atoms with Crippen LogP contribution >= 0.6 is 0 Å². The summed E-state index contributed by atoms with van der Waals surface area (Å²) in [5.41, 5.74) is 0. The van der Waals surface area contributed by atoms with Gasteiger partial charge >= 0.3 is 0 Å². The van der Waals surface area contributed by atoms with Crippen molar-refractivity contribution >= 4 is 0 Å². The van der Waals surface area contributed by atoms with E-state index in [0.29, 0.717) is 33.0 Å². The molecule has 0 aromatic heterocycles. The first-order valence-electron chi connectivity index (χ1n) is 5.71. The van der Waals surface area contributed by atoms with Gasteiger partial charge in [0.25, 0.3) is 0 Å². The fourth-order valence-electron chi connectivity index (χ4n) is 0.509. The number of aliphatic hydroxyl groups excluding tert-OH is 3. The second-order valence-corrected chi connectivity index (χ2v) is 2.56. The minimum Gasteiger partial charge on any atom is -0.394 e. The Bertz CT molecular complexity index is 74.0. The van der Waals surface area contributed by atoms with Gasteiger partial charge < -0.3 is 29.5 Å². The third-order valence-corrected chi connectivity index (χ3v) is 1.17. The predicted octanol–water partition coefficient (Wildman–Crippen LogP) is -0.344. The summed E-state index contributed by atoms with van der Waals surface area (Å²) in [5, 5.41) is 24.1. The molecule has 0 rings (SSSR count). The molecule has 0 aromatic carbocycles. The van der Waals surface area contributed by atoms with Crippen molar-refractivity contribution in [1.82, 2.24) is 0 Å². The molecule has 0 radical (unpaired) electrons. The normalized spacial score (nSPS) is 8.82. The van der Waals surface area contributed by atoms with Crippen LogP contribution in [0.25, 0.3) is 0 Å². The molecule has 0 fully saturated rings. The van der Waals surface area contributed by atoms with Crippen LogP contribution in [-0.2, 0) is 14.2 Å². The van der Waals surface area contributed by atoms with Crippen molar-refractivity contribution in [3.8, 4) is 0 Å². The van der Waals surface area contributed by atoms with Crippen molar-refractivity contribution in [2.45, 2.75) is 13.8 Å². The predicted molar refractivity (Wildman–Crippen MR) is 66.1 cm³/mol. The van der Waals surface area contributed by atoms with Crippen molar-refractivity contribution in [3.63, 3.8) is 0 Å². The zero-order valence-corrected chi connectivity index (χ0v) is 11.2. The molecule has 0 atom stereocenters. The Hall–Kier alpha value is -0.240. The highest BCUT2D eigenvalue weighted by Crippen LogP contribution is 1.67. The van der Waals surface area contributed by atoms with Crippen LogP contribution < -0.4 is 0 Å². The standard InChI is InChI=1S/2C4H10O2.C3H8O2/c2*1-2-6-4-3-5;1-5-3-2-4/h2*5H,2-4H2,1H3;4H,2-3H2,1H3. The molecule has 0 saturated carbocycles. The van der Waals surface area contributed by atoms with Crippen molar-refractivity contribution in [2.24, 2.45) is 0 Å². The molecule has 0 spiro atoms. The van der Waals surface area contributed by atoms with Gasteiger partial charge in [-0.05, 0) is 13.8 Å². The maximum Gasteiger partial charge on any atom is 0.0697 e. The fourth-order valence-corrected chi connectivity index (χ4v) is 0.509. The lowest BCUT2D eigenvalue weighted by molar-refractivity contribution is 0.102. The SMILES string of the molecule is CCOCCO.CCOCCO.COCCO. The molecule has 0 amide bonds. The number of hydrogen-bond donors (Lipinski definition) is 3. The number of rotatable bonds is 8. The zero-order chi connectivity index (χ0) is 13.8. The van der Waals surface area contributed by atoms with Crippen LogP contribution in [0, 0.1) is 0 Å². The van der Waals surface area contributed by atoms with E-state index in [-0.39, 0.29) is 19.8 Å². The maximum atomic E-state index is 8.07. The maximum absolute atomic E-state index is 8.07. The molecule has 0 aromatic rings. The van der Waals surface area contributed by atoms with Crippen LogP contribution in [0.4, 0.5) is 0 Å². The van der Waals surface area contributed by atoms with E-state index in [1.807, 2.05) is 13.8 Å². The second kappa shape index (κ2) is 29.7. The van der Waals surface area contributed by atoms with E-state index in [1.54, 1.807) is 7.11 Å². The van der Waals surface area contributed by atoms with Crippen LogP contribution in [0.15, 0.2) is 0 Å². The summed E-state index contributed by atoms with van der Waals surface area (Å²) in [5.74, 6) is 0. The van der Waals surface area contributed by atoms with Crippen LogP contribution in [0.2, 0.25) is 0 Å². The first kappa shape index (κ1) is 22.0. The highest BCUT2D eigenvalue weighted by molar-refractivity contribution is 4.18. The fraction of sp³-hybridized carbons (Fsp3) is 1.00. The lowest BCUT2D eigenvalue weighted by Gasteiger charge is -1.91. The molecular formula is C11H28O6. The molecule has 0 unspecified atom stereocenters. The van der Waals surface area contributed by atoms with Crippen LogP contribution in [-0.4, -0.2) is 75.3 Å². The van der Waals surface area contributed by atoms with Gasteiger partial charge in [0, 0.05) is 20.3 Å². The van der Waals surface area contributed by atoms with Crippen LogP contribution in [0.5, 0.6) is 0 Å². The van der Waals surface area contributed by atoms with Crippen LogP contribution in [0.1, 0.15) is 13.8 Å². The van der Waals surface area contributed by atoms with Gasteiger partial charge in [-0.15, -0.1) is 0 Å². The number of methoxy groups -OCH3 is 1. The van der Waals surface area contributed by atoms with E-state index in [0.717, 1.165) is 0 Å². The summed E-state index contributed by atoms with van der Waals surface area (Å²) in [6, 6.07) is 0. The Morgan fingerprint density at radius 1 is 0.706 bits per heavy atom. The third kappa shape index (κ3) is 49.6. The molecule has 17 heavy (non-hydrogen) atoms. The quantitative estimate of drug-likeness (QED) is 0.515. The van der Waals surface area contributed by atoms with E-state index >= 15 is 0 Å². The lowest BCUT2D eigenvalue weighted by atomic mass is 10.8. The Kier molecular flexibility index (Phi) is 38.4. The molecule has 108 valence electrons. The molecule has 0 aliphatic heterocycles. The topological polar surface area (TPSA) is 88.4 Å². The van der Waals surface area contributed by atoms with E-state index < -0.39 is 0 Å². The van der Waals surface area contributed by atoms with Gasteiger partial charge in [-0.2, -0.15) is 0 Å². The molecule has 0 aliphatic rings. The molecule has 0 bridgehead atoms. The van der Waals surface area contributed by atoms with E-state index in [4.69, 9.17) is 24.8 Å². The summed E-state index contributed by atoms with van der Waals surface area (Å²) in [6.45, 7) is 6.96. The Balaban J connectivity index is -0.000000174. The molecule has 0 saturated heterocycles. The van der Waals surface area contributed by atoms with Crippen molar-refractivity contribution < 1.29 is 29.5 Å². The number of hydrogen-bond acceptors (Lipinski definition) is 6. The second-order valence-electron chi connectivity index (χ2n) is 2.56. The Morgan fingerprint density at radius 2 is 1.06 bits per heavy atom. The number of ether oxygens (including phenoxy) is 3. The van der Waals surface area contributed by atoms with Gasteiger partial charge in [0.05, 0.1) is 39.6 Å². The molecule has 0 aliphatic carbocycles. The molecule has 0 heterocycles. The molecule has 6 heteroatoms. The van der Waals surface area contributed by atoms with Gasteiger partial charge in [-0.25, -0.2) is 0 Å². The minimum atomic E-state index is 0.122. The van der Waals surface area contributed by atoms with E-state index in [1.165, 1.54) is 0 Å². The highest BCUT2D eigenvalue weighted by atomic mass is 16.5. The average Bonchev–Trinajstić information content (AvgIpc) is 2.36. The minimum absolute atomic E-state index is 0.122. The first-order chi connectivity index (χ1) is 8.24. The van der Waals surface area contributed by atoms with E-state index in [9.17, 15) is 0 Å². The molecule has 3 N–H and O–H groups in total. The molecule has 6 nitrogen and oxygen atoms in total. The Labute approximate surface area is 104 Å². The monoisotopic (exact) mass is 256 g/mol. The van der Waals surface area contributed by atoms with Crippen molar-refractivity contribution in [2.75, 3.05) is 60.0 Å². The Morgan fingerprint density at radius 3 is 1.12 bits per heavy atom. The van der Waals surface area contributed by atoms with Crippen molar-refractivity contribution in [1.29, 1.82) is 0 Å². The summed E-state index contributed by atoms with van der Waals surface area (Å²) >= 11 is 0. The largest absolute Gasteiger partial charge is 0.394 e. The summed E-state index contributed by atoms with van der Waals surface area (Å²) < 4.78 is 13.9. The summed E-state index contributed by atoms with van der Waals surface area (Å²) in [6.07, 6.45) is 0. The van der Waals surface area contributed by atoms with Crippen LogP contribution in [0.3, 0.4) is 0 Å². The lowest BCUT2D eigenvalue weighted by Crippen LogP contribution is -1.96. The van der Waals surface area contributed by atoms with Gasteiger partial charge in [0.1, 0.15) is 0 Å². The van der Waals surface area contributed by atoms with Gasteiger partial charge in [-0.3, -0.25) is 0 Å². The number of aliphatic hydroxyl groups is 3. The van der Waals surface area contributed by atoms with Crippen molar-refractivity contribution in [3.05, 3.63) is 0 Å².